The molecule has 0 saturated carbocycles. The Bertz CT molecular complexity index is 357. The normalized spacial score (nSPS) is 14.8. The summed E-state index contributed by atoms with van der Waals surface area (Å²) in [5.41, 5.74) is 5.10. The van der Waals surface area contributed by atoms with Crippen LogP contribution in [0.1, 0.15) is 34.1 Å². The minimum Gasteiger partial charge on any atom is -0.349 e. The van der Waals surface area contributed by atoms with Crippen LogP contribution in [-0.4, -0.2) is 37.9 Å². The average Bonchev–Trinajstić information content (AvgIpc) is 2.15. The van der Waals surface area contributed by atoms with Gasteiger partial charge in [0.25, 0.3) is 0 Å². The second-order valence-corrected chi connectivity index (χ2v) is 7.44. The maximum Gasteiger partial charge on any atom is 0.235 e. The van der Waals surface area contributed by atoms with Crippen molar-refractivity contribution >= 4 is 28.2 Å². The summed E-state index contributed by atoms with van der Waals surface area (Å²) in [5, 5.41) is 2.72. The smallest absolute Gasteiger partial charge is 0.235 e. The minimum atomic E-state index is -3.28. The van der Waals surface area contributed by atoms with Gasteiger partial charge in [-0.25, -0.2) is 8.42 Å². The molecule has 0 aromatic rings. The van der Waals surface area contributed by atoms with Crippen LogP contribution < -0.4 is 11.1 Å². The number of sulfone groups is 1. The van der Waals surface area contributed by atoms with E-state index in [1.807, 2.05) is 20.8 Å². The van der Waals surface area contributed by atoms with E-state index in [1.165, 1.54) is 6.92 Å². The molecule has 7 heteroatoms. The molecule has 1 unspecified atom stereocenters. The van der Waals surface area contributed by atoms with E-state index >= 15 is 0 Å². The van der Waals surface area contributed by atoms with Gasteiger partial charge in [0.05, 0.1) is 0 Å². The predicted octanol–water partition coefficient (Wildman–Crippen LogP) is 0.723. The van der Waals surface area contributed by atoms with E-state index in [9.17, 15) is 13.2 Å². The fraction of sp³-hybridized carbons (Fsp3) is 0.909. The first-order valence-corrected chi connectivity index (χ1v) is 7.68. The van der Waals surface area contributed by atoms with Crippen molar-refractivity contribution < 1.29 is 13.2 Å². The van der Waals surface area contributed by atoms with Crippen LogP contribution in [0, 0.1) is 5.92 Å². The third kappa shape index (κ3) is 7.89. The average molecular weight is 301 g/mol. The number of amides is 1. The van der Waals surface area contributed by atoms with Crippen molar-refractivity contribution in [2.75, 3.05) is 18.1 Å². The summed E-state index contributed by atoms with van der Waals surface area (Å²) in [7, 11) is -3.28. The van der Waals surface area contributed by atoms with E-state index in [0.29, 0.717) is 12.5 Å². The maximum absolute atomic E-state index is 11.6. The van der Waals surface area contributed by atoms with Crippen molar-refractivity contribution in [3.63, 3.8) is 0 Å². The van der Waals surface area contributed by atoms with Crippen molar-refractivity contribution in [3.8, 4) is 0 Å². The Kier molecular flexibility index (Phi) is 8.85. The molecule has 1 atom stereocenters. The monoisotopic (exact) mass is 300 g/mol. The molecule has 5 nitrogen and oxygen atoms in total. The number of carbonyl (C=O) groups is 1. The lowest BCUT2D eigenvalue weighted by Gasteiger charge is -2.31. The van der Waals surface area contributed by atoms with Crippen LogP contribution in [0.5, 0.6) is 0 Å². The van der Waals surface area contributed by atoms with E-state index in [0.717, 1.165) is 6.42 Å². The number of nitrogens with two attached hydrogens (primary N) is 1. The van der Waals surface area contributed by atoms with Crippen molar-refractivity contribution in [1.82, 2.24) is 5.32 Å². The molecule has 3 N–H and O–H groups in total. The molecule has 0 aromatic carbocycles. The largest absolute Gasteiger partial charge is 0.349 e. The molecule has 0 aliphatic carbocycles. The lowest BCUT2D eigenvalue weighted by atomic mass is 9.91. The highest BCUT2D eigenvalue weighted by Gasteiger charge is 2.27. The van der Waals surface area contributed by atoms with Gasteiger partial charge in [0.1, 0.15) is 5.75 Å². The van der Waals surface area contributed by atoms with E-state index in [2.05, 4.69) is 5.32 Å². The van der Waals surface area contributed by atoms with Gasteiger partial charge in [-0.15, -0.1) is 12.4 Å². The molecule has 0 aromatic heterocycles. The Morgan fingerprint density at radius 2 is 1.89 bits per heavy atom. The Balaban J connectivity index is 0. The summed E-state index contributed by atoms with van der Waals surface area (Å²) >= 11 is 0. The molecule has 0 fully saturated rings. The number of hydrogen-bond acceptors (Lipinski definition) is 4. The maximum atomic E-state index is 11.6. The van der Waals surface area contributed by atoms with Crippen LogP contribution >= 0.6 is 12.4 Å². The topological polar surface area (TPSA) is 89.3 Å². The van der Waals surface area contributed by atoms with Gasteiger partial charge in [-0.3, -0.25) is 4.79 Å². The fourth-order valence-electron chi connectivity index (χ4n) is 1.76. The quantitative estimate of drug-likeness (QED) is 0.725. The molecule has 0 aliphatic heterocycles. The van der Waals surface area contributed by atoms with Crippen molar-refractivity contribution in [2.45, 2.75) is 39.7 Å². The predicted molar refractivity (Wildman–Crippen MR) is 76.6 cm³/mol. The summed E-state index contributed by atoms with van der Waals surface area (Å²) < 4.78 is 22.6. The van der Waals surface area contributed by atoms with Crippen LogP contribution in [0.3, 0.4) is 0 Å². The van der Waals surface area contributed by atoms with Gasteiger partial charge in [-0.05, 0) is 19.3 Å². The summed E-state index contributed by atoms with van der Waals surface area (Å²) in [6.45, 7) is 7.72. The van der Waals surface area contributed by atoms with Gasteiger partial charge in [0.2, 0.25) is 5.91 Å². The van der Waals surface area contributed by atoms with Crippen molar-refractivity contribution in [3.05, 3.63) is 0 Å². The Hall–Kier alpha value is -0.330. The Morgan fingerprint density at radius 3 is 2.22 bits per heavy atom. The SMILES string of the molecule is CCS(=O)(=O)CC(=O)NC(C)(CN)CC(C)C.Cl. The van der Waals surface area contributed by atoms with E-state index in [1.54, 1.807) is 0 Å². The fourth-order valence-corrected chi connectivity index (χ4v) is 2.44. The van der Waals surface area contributed by atoms with E-state index in [4.69, 9.17) is 5.73 Å². The standard InChI is InChI=1S/C11H24N2O3S.ClH/c1-5-17(15,16)7-10(14)13-11(4,8-12)6-9(2)3;/h9H,5-8,12H2,1-4H3,(H,13,14);1H. The molecule has 0 spiro atoms. The molecule has 110 valence electrons. The molecule has 0 saturated heterocycles. The first kappa shape index (κ1) is 20.0. The highest BCUT2D eigenvalue weighted by Crippen LogP contribution is 2.15. The molecule has 0 rings (SSSR count). The first-order chi connectivity index (χ1) is 7.64. The zero-order chi connectivity index (χ0) is 13.7. The number of nitrogens with one attached hydrogen (secondary N) is 1. The van der Waals surface area contributed by atoms with Gasteiger partial charge < -0.3 is 11.1 Å². The second kappa shape index (κ2) is 7.96. The molecule has 0 bridgehead atoms. The van der Waals surface area contributed by atoms with Crippen LogP contribution in [0.2, 0.25) is 0 Å². The highest BCUT2D eigenvalue weighted by molar-refractivity contribution is 7.92. The van der Waals surface area contributed by atoms with Crippen LogP contribution in [0.4, 0.5) is 0 Å². The molecular formula is C11H25ClN2O3S. The van der Waals surface area contributed by atoms with Crippen LogP contribution in [0.15, 0.2) is 0 Å². The summed E-state index contributed by atoms with van der Waals surface area (Å²) in [5.74, 6) is -0.576. The highest BCUT2D eigenvalue weighted by atomic mass is 35.5. The lowest BCUT2D eigenvalue weighted by molar-refractivity contribution is -0.120. The molecule has 0 radical (unpaired) electrons. The Labute approximate surface area is 116 Å². The second-order valence-electron chi connectivity index (χ2n) is 5.09. The van der Waals surface area contributed by atoms with E-state index < -0.39 is 27.0 Å². The summed E-state index contributed by atoms with van der Waals surface area (Å²) in [6, 6.07) is 0. The third-order valence-electron chi connectivity index (χ3n) is 2.54. The number of carbonyl (C=O) groups excluding carboxylic acids is 1. The van der Waals surface area contributed by atoms with Crippen LogP contribution in [-0.2, 0) is 14.6 Å². The van der Waals surface area contributed by atoms with Gasteiger partial charge >= 0.3 is 0 Å². The third-order valence-corrected chi connectivity index (χ3v) is 4.12. The molecule has 0 aliphatic rings. The van der Waals surface area contributed by atoms with Gasteiger partial charge in [-0.1, -0.05) is 20.8 Å². The molecular weight excluding hydrogens is 276 g/mol. The van der Waals surface area contributed by atoms with E-state index in [-0.39, 0.29) is 18.2 Å². The number of rotatable bonds is 7. The van der Waals surface area contributed by atoms with Crippen LogP contribution in [0.25, 0.3) is 0 Å². The number of halogens is 1. The number of hydrogen-bond donors (Lipinski definition) is 2. The molecule has 18 heavy (non-hydrogen) atoms. The van der Waals surface area contributed by atoms with Crippen molar-refractivity contribution in [1.29, 1.82) is 0 Å². The van der Waals surface area contributed by atoms with Gasteiger partial charge in [0, 0.05) is 17.8 Å². The molecule has 0 heterocycles. The minimum absolute atomic E-state index is 0. The summed E-state index contributed by atoms with van der Waals surface area (Å²) in [6.07, 6.45) is 0.724. The zero-order valence-corrected chi connectivity index (χ0v) is 13.2. The lowest BCUT2D eigenvalue weighted by Crippen LogP contribution is -2.53. The first-order valence-electron chi connectivity index (χ1n) is 5.85. The van der Waals surface area contributed by atoms with Crippen molar-refractivity contribution in [2.24, 2.45) is 11.7 Å². The van der Waals surface area contributed by atoms with Gasteiger partial charge in [0.15, 0.2) is 9.84 Å². The summed E-state index contributed by atoms with van der Waals surface area (Å²) in [4.78, 5) is 11.6. The molecule has 1 amide bonds. The zero-order valence-electron chi connectivity index (χ0n) is 11.5. The Morgan fingerprint density at radius 1 is 1.39 bits per heavy atom. The van der Waals surface area contributed by atoms with Gasteiger partial charge in [-0.2, -0.15) is 0 Å².